The van der Waals surface area contributed by atoms with Crippen LogP contribution in [0, 0.1) is 0 Å². The second-order valence-electron chi connectivity index (χ2n) is 14.2. The Hall–Kier alpha value is -0.900. The Kier molecular flexibility index (Phi) is 30.0. The SMILES string of the molecule is CCCCCCCCCCCCCCCCCC(=O)C(N)CN1CCN=C1CCCCCCCCCCCCCCCCC. The molecule has 0 saturated heterocycles. The second kappa shape index (κ2) is 32.1. The van der Waals surface area contributed by atoms with Gasteiger partial charge in [-0.3, -0.25) is 9.79 Å². The summed E-state index contributed by atoms with van der Waals surface area (Å²) in [5, 5.41) is 0. The molecule has 0 aromatic rings. The molecule has 1 heterocycles. The van der Waals surface area contributed by atoms with Gasteiger partial charge in [0, 0.05) is 25.9 Å². The number of nitrogens with two attached hydrogens (primary N) is 1. The number of unbranched alkanes of at least 4 members (excludes halogenated alkanes) is 28. The van der Waals surface area contributed by atoms with Crippen LogP contribution >= 0.6 is 0 Å². The zero-order valence-electron chi connectivity index (χ0n) is 30.2. The molecule has 1 aliphatic heterocycles. The lowest BCUT2D eigenvalue weighted by molar-refractivity contribution is -0.120. The molecular formula is C40H79N3O. The first-order valence-electron chi connectivity index (χ1n) is 20.3. The maximum atomic E-state index is 12.7. The van der Waals surface area contributed by atoms with Gasteiger partial charge in [-0.05, 0) is 12.8 Å². The topological polar surface area (TPSA) is 58.7 Å². The molecule has 4 nitrogen and oxygen atoms in total. The van der Waals surface area contributed by atoms with Crippen LogP contribution in [0.1, 0.15) is 219 Å². The number of aliphatic imine (C=N–C) groups is 1. The van der Waals surface area contributed by atoms with E-state index in [0.717, 1.165) is 25.9 Å². The van der Waals surface area contributed by atoms with Gasteiger partial charge >= 0.3 is 0 Å². The summed E-state index contributed by atoms with van der Waals surface area (Å²) in [5.41, 5.74) is 6.36. The quantitative estimate of drug-likeness (QED) is 0.0720. The molecule has 0 aliphatic carbocycles. The molecule has 2 N–H and O–H groups in total. The van der Waals surface area contributed by atoms with Gasteiger partial charge in [0.1, 0.15) is 0 Å². The molecule has 0 fully saturated rings. The molecule has 0 aromatic heterocycles. The van der Waals surface area contributed by atoms with Crippen molar-refractivity contribution in [2.45, 2.75) is 225 Å². The van der Waals surface area contributed by atoms with Gasteiger partial charge in [-0.2, -0.15) is 0 Å². The third-order valence-corrected chi connectivity index (χ3v) is 9.89. The summed E-state index contributed by atoms with van der Waals surface area (Å²) >= 11 is 0. The van der Waals surface area contributed by atoms with E-state index >= 15 is 0 Å². The molecule has 1 atom stereocenters. The summed E-state index contributed by atoms with van der Waals surface area (Å²) in [6.07, 6.45) is 42.9. The van der Waals surface area contributed by atoms with Crippen LogP contribution in [-0.4, -0.2) is 42.2 Å². The van der Waals surface area contributed by atoms with E-state index in [9.17, 15) is 4.79 Å². The lowest BCUT2D eigenvalue weighted by Crippen LogP contribution is -2.44. The van der Waals surface area contributed by atoms with Crippen LogP contribution in [0.5, 0.6) is 0 Å². The van der Waals surface area contributed by atoms with Crippen molar-refractivity contribution in [3.8, 4) is 0 Å². The maximum absolute atomic E-state index is 12.7. The van der Waals surface area contributed by atoms with Gasteiger partial charge in [-0.15, -0.1) is 0 Å². The van der Waals surface area contributed by atoms with Crippen molar-refractivity contribution in [1.29, 1.82) is 0 Å². The molecule has 1 unspecified atom stereocenters. The van der Waals surface area contributed by atoms with E-state index in [1.165, 1.54) is 192 Å². The second-order valence-corrected chi connectivity index (χ2v) is 14.2. The maximum Gasteiger partial charge on any atom is 0.151 e. The average Bonchev–Trinajstić information content (AvgIpc) is 3.47. The minimum Gasteiger partial charge on any atom is -0.356 e. The zero-order chi connectivity index (χ0) is 31.8. The normalized spacial score (nSPS) is 14.0. The third kappa shape index (κ3) is 25.3. The zero-order valence-corrected chi connectivity index (χ0v) is 30.2. The van der Waals surface area contributed by atoms with Crippen LogP contribution in [-0.2, 0) is 4.79 Å². The first-order chi connectivity index (χ1) is 21.7. The first kappa shape index (κ1) is 41.1. The molecule has 0 spiro atoms. The molecule has 1 rings (SSSR count). The van der Waals surface area contributed by atoms with Gasteiger partial charge < -0.3 is 10.6 Å². The van der Waals surface area contributed by atoms with E-state index in [2.05, 4.69) is 18.7 Å². The van der Waals surface area contributed by atoms with E-state index in [1.807, 2.05) is 0 Å². The first-order valence-corrected chi connectivity index (χ1v) is 20.3. The van der Waals surface area contributed by atoms with Crippen molar-refractivity contribution in [3.63, 3.8) is 0 Å². The van der Waals surface area contributed by atoms with Crippen LogP contribution < -0.4 is 5.73 Å². The Morgan fingerprint density at radius 1 is 0.568 bits per heavy atom. The van der Waals surface area contributed by atoms with Gasteiger partial charge in [-0.1, -0.05) is 194 Å². The molecule has 260 valence electrons. The highest BCUT2D eigenvalue weighted by molar-refractivity contribution is 5.87. The molecule has 0 bridgehead atoms. The lowest BCUT2D eigenvalue weighted by atomic mass is 10.0. The number of nitrogens with zero attached hydrogens (tertiary/aromatic N) is 2. The minimum absolute atomic E-state index is 0.248. The summed E-state index contributed by atoms with van der Waals surface area (Å²) in [5.74, 6) is 1.45. The van der Waals surface area contributed by atoms with Crippen LogP contribution in [0.2, 0.25) is 0 Å². The van der Waals surface area contributed by atoms with Crippen molar-refractivity contribution >= 4 is 11.6 Å². The highest BCUT2D eigenvalue weighted by atomic mass is 16.1. The van der Waals surface area contributed by atoms with Crippen LogP contribution in [0.15, 0.2) is 4.99 Å². The number of carbonyl (C=O) groups excluding carboxylic acids is 1. The largest absolute Gasteiger partial charge is 0.356 e. The molecule has 0 aromatic carbocycles. The summed E-state index contributed by atoms with van der Waals surface area (Å²) in [6, 6.07) is -0.356. The lowest BCUT2D eigenvalue weighted by Gasteiger charge is -2.23. The van der Waals surface area contributed by atoms with Gasteiger partial charge in [0.05, 0.1) is 18.4 Å². The fourth-order valence-corrected chi connectivity index (χ4v) is 6.81. The number of hydrogen-bond acceptors (Lipinski definition) is 4. The third-order valence-electron chi connectivity index (χ3n) is 9.89. The molecule has 0 radical (unpaired) electrons. The van der Waals surface area contributed by atoms with Gasteiger partial charge in [0.25, 0.3) is 0 Å². The number of carbonyl (C=O) groups is 1. The smallest absolute Gasteiger partial charge is 0.151 e. The monoisotopic (exact) mass is 618 g/mol. The highest BCUT2D eigenvalue weighted by Gasteiger charge is 2.22. The number of hydrogen-bond donors (Lipinski definition) is 1. The van der Waals surface area contributed by atoms with Crippen LogP contribution in [0.3, 0.4) is 0 Å². The standard InChI is InChI=1S/C40H79N3O/c1-3-5-7-9-11-13-15-17-19-21-23-25-27-29-31-33-39(44)38(41)37-43-36-35-42-40(43)34-32-30-28-26-24-22-20-18-16-14-12-10-8-6-4-2/h38H,3-37,41H2,1-2H3. The molecule has 4 heteroatoms. The van der Waals surface area contributed by atoms with E-state index in [-0.39, 0.29) is 11.8 Å². The number of rotatable bonds is 35. The van der Waals surface area contributed by atoms with E-state index < -0.39 is 0 Å². The van der Waals surface area contributed by atoms with E-state index in [1.54, 1.807) is 0 Å². The Bertz CT molecular complexity index is 649. The fourth-order valence-electron chi connectivity index (χ4n) is 6.81. The van der Waals surface area contributed by atoms with Crippen molar-refractivity contribution in [2.24, 2.45) is 10.7 Å². The molecule has 0 amide bonds. The van der Waals surface area contributed by atoms with Gasteiger partial charge in [-0.25, -0.2) is 0 Å². The molecule has 0 saturated carbocycles. The van der Waals surface area contributed by atoms with Crippen LogP contribution in [0.25, 0.3) is 0 Å². The predicted octanol–water partition coefficient (Wildman–Crippen LogP) is 12.1. The van der Waals surface area contributed by atoms with Crippen LogP contribution in [0.4, 0.5) is 0 Å². The van der Waals surface area contributed by atoms with Crippen molar-refractivity contribution in [1.82, 2.24) is 4.90 Å². The molecule has 1 aliphatic rings. The highest BCUT2D eigenvalue weighted by Crippen LogP contribution is 2.17. The summed E-state index contributed by atoms with van der Waals surface area (Å²) in [7, 11) is 0. The Balaban J connectivity index is 1.92. The fraction of sp³-hybridized carbons (Fsp3) is 0.950. The Labute approximate surface area is 276 Å². The number of amidine groups is 1. The molecular weight excluding hydrogens is 538 g/mol. The Morgan fingerprint density at radius 3 is 1.30 bits per heavy atom. The van der Waals surface area contributed by atoms with Crippen molar-refractivity contribution < 1.29 is 4.79 Å². The van der Waals surface area contributed by atoms with Crippen molar-refractivity contribution in [2.75, 3.05) is 19.6 Å². The van der Waals surface area contributed by atoms with E-state index in [0.29, 0.717) is 13.0 Å². The summed E-state index contributed by atoms with van der Waals surface area (Å²) < 4.78 is 0. The Morgan fingerprint density at radius 2 is 0.909 bits per heavy atom. The minimum atomic E-state index is -0.356. The average molecular weight is 618 g/mol. The van der Waals surface area contributed by atoms with Gasteiger partial charge in [0.15, 0.2) is 5.78 Å². The molecule has 44 heavy (non-hydrogen) atoms. The predicted molar refractivity (Wildman–Crippen MR) is 196 cm³/mol. The number of Topliss-reactive ketones (excluding diaryl/α,β-unsaturated/α-hetero) is 1. The van der Waals surface area contributed by atoms with Crippen molar-refractivity contribution in [3.05, 3.63) is 0 Å². The number of ketones is 1. The summed E-state index contributed by atoms with van der Waals surface area (Å²) in [4.78, 5) is 19.7. The van der Waals surface area contributed by atoms with Gasteiger partial charge in [0.2, 0.25) is 0 Å². The summed E-state index contributed by atoms with van der Waals surface area (Å²) in [6.45, 7) is 7.05. The van der Waals surface area contributed by atoms with E-state index in [4.69, 9.17) is 10.7 Å².